The van der Waals surface area contributed by atoms with Crippen molar-refractivity contribution in [2.24, 2.45) is 0 Å². The van der Waals surface area contributed by atoms with E-state index >= 15 is 0 Å². The van der Waals surface area contributed by atoms with Gasteiger partial charge in [-0.1, -0.05) is 36.9 Å². The largest absolute Gasteiger partial charge is 0.339 e. The molecule has 6 heteroatoms. The van der Waals surface area contributed by atoms with Crippen LogP contribution in [-0.4, -0.2) is 43.9 Å². The average molecular weight is 371 g/mol. The van der Waals surface area contributed by atoms with Gasteiger partial charge >= 0.3 is 0 Å². The van der Waals surface area contributed by atoms with Gasteiger partial charge in [-0.15, -0.1) is 5.10 Å². The zero-order chi connectivity index (χ0) is 17.9. The van der Waals surface area contributed by atoms with Crippen LogP contribution in [0.5, 0.6) is 0 Å². The van der Waals surface area contributed by atoms with Crippen LogP contribution in [0, 0.1) is 0 Å². The highest BCUT2D eigenvalue weighted by molar-refractivity contribution is 7.99. The second-order valence-electron chi connectivity index (χ2n) is 7.21. The third-order valence-electron chi connectivity index (χ3n) is 5.30. The highest BCUT2D eigenvalue weighted by Crippen LogP contribution is 2.40. The molecule has 1 aliphatic carbocycles. The molecule has 0 spiro atoms. The number of thioether (sulfide) groups is 1. The van der Waals surface area contributed by atoms with Gasteiger partial charge < -0.3 is 4.90 Å². The van der Waals surface area contributed by atoms with E-state index in [2.05, 4.69) is 24.0 Å². The molecule has 2 aromatic rings. The number of hydrogen-bond donors (Lipinski definition) is 0. The first kappa shape index (κ1) is 17.6. The smallest absolute Gasteiger partial charge is 0.233 e. The van der Waals surface area contributed by atoms with Crippen molar-refractivity contribution in [3.63, 3.8) is 0 Å². The van der Waals surface area contributed by atoms with E-state index in [0.29, 0.717) is 22.9 Å². The maximum atomic E-state index is 12.7. The van der Waals surface area contributed by atoms with Crippen LogP contribution in [0.3, 0.4) is 0 Å². The highest BCUT2D eigenvalue weighted by Gasteiger charge is 2.31. The molecule has 5 nitrogen and oxygen atoms in total. The molecule has 26 heavy (non-hydrogen) atoms. The molecule has 2 fully saturated rings. The molecule has 1 unspecified atom stereocenters. The van der Waals surface area contributed by atoms with Crippen LogP contribution >= 0.6 is 11.8 Å². The fourth-order valence-corrected chi connectivity index (χ4v) is 4.41. The van der Waals surface area contributed by atoms with Gasteiger partial charge in [0.25, 0.3) is 0 Å². The van der Waals surface area contributed by atoms with Crippen molar-refractivity contribution in [3.8, 4) is 5.69 Å². The van der Waals surface area contributed by atoms with Crippen LogP contribution in [0.4, 0.5) is 0 Å². The van der Waals surface area contributed by atoms with Gasteiger partial charge in [0.15, 0.2) is 0 Å². The quantitative estimate of drug-likeness (QED) is 0.721. The zero-order valence-corrected chi connectivity index (χ0v) is 16.1. The highest BCUT2D eigenvalue weighted by atomic mass is 32.2. The Hall–Kier alpha value is -1.82. The summed E-state index contributed by atoms with van der Waals surface area (Å²) in [4.78, 5) is 19.5. The fraction of sp³-hybridized carbons (Fsp3) is 0.550. The SMILES string of the molecule is CCC1CCCCN1C(=O)CSc1nc(C2CC2)n(-c2ccccc2)n1. The van der Waals surface area contributed by atoms with Crippen LogP contribution in [0.1, 0.15) is 57.2 Å². The Morgan fingerprint density at radius 1 is 1.19 bits per heavy atom. The molecule has 2 aliphatic rings. The van der Waals surface area contributed by atoms with Crippen LogP contribution in [0.25, 0.3) is 5.69 Å². The molecule has 0 radical (unpaired) electrons. The molecule has 1 aromatic heterocycles. The number of para-hydroxylation sites is 1. The van der Waals surface area contributed by atoms with Crippen molar-refractivity contribution in [1.82, 2.24) is 19.7 Å². The molecule has 2 heterocycles. The summed E-state index contributed by atoms with van der Waals surface area (Å²) in [5.41, 5.74) is 1.04. The molecule has 1 amide bonds. The minimum absolute atomic E-state index is 0.227. The second-order valence-corrected chi connectivity index (χ2v) is 8.15. The van der Waals surface area contributed by atoms with E-state index in [1.54, 1.807) is 0 Å². The third kappa shape index (κ3) is 3.80. The van der Waals surface area contributed by atoms with Crippen molar-refractivity contribution in [3.05, 3.63) is 36.2 Å². The number of carbonyl (C=O) groups excluding carboxylic acids is 1. The standard InChI is InChI=1S/C20H26N4OS/c1-2-16-8-6-7-13-23(16)18(25)14-26-20-21-19(15-11-12-15)24(22-20)17-9-4-3-5-10-17/h3-5,9-10,15-16H,2,6-8,11-14H2,1H3. The summed E-state index contributed by atoms with van der Waals surface area (Å²) in [5, 5.41) is 5.41. The number of rotatable bonds is 6. The molecule has 4 rings (SSSR count). The first-order valence-corrected chi connectivity index (χ1v) is 10.7. The van der Waals surface area contributed by atoms with Crippen LogP contribution in [0.15, 0.2) is 35.5 Å². The Bertz CT molecular complexity index is 756. The molecular formula is C20H26N4OS. The minimum atomic E-state index is 0.227. The predicted octanol–water partition coefficient (Wildman–Crippen LogP) is 4.03. The number of hydrogen-bond acceptors (Lipinski definition) is 4. The van der Waals surface area contributed by atoms with Crippen LogP contribution < -0.4 is 0 Å². The fourth-order valence-electron chi connectivity index (χ4n) is 3.69. The normalized spacial score (nSPS) is 20.3. The summed E-state index contributed by atoms with van der Waals surface area (Å²) in [6.45, 7) is 3.07. The van der Waals surface area contributed by atoms with E-state index in [9.17, 15) is 4.79 Å². The predicted molar refractivity (Wildman–Crippen MR) is 104 cm³/mol. The lowest BCUT2D eigenvalue weighted by Crippen LogP contribution is -2.44. The van der Waals surface area contributed by atoms with E-state index in [4.69, 9.17) is 10.1 Å². The van der Waals surface area contributed by atoms with Gasteiger partial charge in [-0.2, -0.15) is 0 Å². The van der Waals surface area contributed by atoms with E-state index in [0.717, 1.165) is 37.3 Å². The number of aromatic nitrogens is 3. The lowest BCUT2D eigenvalue weighted by Gasteiger charge is -2.35. The molecule has 1 saturated heterocycles. The first-order chi connectivity index (χ1) is 12.8. The average Bonchev–Trinajstić information content (AvgIpc) is 3.46. The topological polar surface area (TPSA) is 51.0 Å². The van der Waals surface area contributed by atoms with Crippen molar-refractivity contribution >= 4 is 17.7 Å². The van der Waals surface area contributed by atoms with Gasteiger partial charge in [0.1, 0.15) is 5.82 Å². The summed E-state index contributed by atoms with van der Waals surface area (Å²) >= 11 is 1.48. The van der Waals surface area contributed by atoms with E-state index in [-0.39, 0.29) is 5.91 Å². The van der Waals surface area contributed by atoms with E-state index in [1.807, 2.05) is 22.9 Å². The number of benzene rings is 1. The molecular weight excluding hydrogens is 344 g/mol. The van der Waals surface area contributed by atoms with E-state index < -0.39 is 0 Å². The van der Waals surface area contributed by atoms with Crippen molar-refractivity contribution < 1.29 is 4.79 Å². The maximum Gasteiger partial charge on any atom is 0.233 e. The molecule has 138 valence electrons. The molecule has 1 aliphatic heterocycles. The maximum absolute atomic E-state index is 12.7. The van der Waals surface area contributed by atoms with Gasteiger partial charge in [0.2, 0.25) is 11.1 Å². The Morgan fingerprint density at radius 3 is 2.73 bits per heavy atom. The van der Waals surface area contributed by atoms with Crippen molar-refractivity contribution in [2.45, 2.75) is 62.6 Å². The number of amides is 1. The van der Waals surface area contributed by atoms with Gasteiger partial charge in [0, 0.05) is 18.5 Å². The minimum Gasteiger partial charge on any atom is -0.339 e. The van der Waals surface area contributed by atoms with Crippen molar-refractivity contribution in [1.29, 1.82) is 0 Å². The lowest BCUT2D eigenvalue weighted by atomic mass is 10.0. The van der Waals surface area contributed by atoms with Crippen LogP contribution in [0.2, 0.25) is 0 Å². The summed E-state index contributed by atoms with van der Waals surface area (Å²) in [5.74, 6) is 2.21. The number of carbonyl (C=O) groups is 1. The Labute approximate surface area is 159 Å². The van der Waals surface area contributed by atoms with E-state index in [1.165, 1.54) is 31.0 Å². The Morgan fingerprint density at radius 2 is 2.00 bits per heavy atom. The summed E-state index contributed by atoms with van der Waals surface area (Å²) in [7, 11) is 0. The zero-order valence-electron chi connectivity index (χ0n) is 15.3. The number of likely N-dealkylation sites (tertiary alicyclic amines) is 1. The summed E-state index contributed by atoms with van der Waals surface area (Å²) < 4.78 is 1.96. The van der Waals surface area contributed by atoms with Gasteiger partial charge in [-0.05, 0) is 50.7 Å². The summed E-state index contributed by atoms with van der Waals surface area (Å²) in [6.07, 6.45) is 6.91. The van der Waals surface area contributed by atoms with Crippen molar-refractivity contribution in [2.75, 3.05) is 12.3 Å². The number of piperidine rings is 1. The molecule has 1 atom stereocenters. The second kappa shape index (κ2) is 7.82. The number of nitrogens with zero attached hydrogens (tertiary/aromatic N) is 4. The lowest BCUT2D eigenvalue weighted by molar-refractivity contribution is -0.132. The van der Waals surface area contributed by atoms with Gasteiger partial charge in [-0.3, -0.25) is 4.79 Å². The molecule has 0 bridgehead atoms. The first-order valence-electron chi connectivity index (χ1n) is 9.71. The Kier molecular flexibility index (Phi) is 5.29. The van der Waals surface area contributed by atoms with Gasteiger partial charge in [0.05, 0.1) is 11.4 Å². The molecule has 0 N–H and O–H groups in total. The third-order valence-corrected chi connectivity index (χ3v) is 6.12. The molecule has 1 saturated carbocycles. The van der Waals surface area contributed by atoms with Crippen LogP contribution in [-0.2, 0) is 4.79 Å². The molecule has 1 aromatic carbocycles. The Balaban J connectivity index is 1.46. The monoisotopic (exact) mass is 370 g/mol. The van der Waals surface area contributed by atoms with Gasteiger partial charge in [-0.25, -0.2) is 9.67 Å². The summed E-state index contributed by atoms with van der Waals surface area (Å²) in [6, 6.07) is 10.6.